The van der Waals surface area contributed by atoms with E-state index in [4.69, 9.17) is 18.6 Å². The van der Waals surface area contributed by atoms with Gasteiger partial charge >= 0.3 is 6.18 Å². The molecule has 1 aromatic heterocycles. The molecule has 2 atom stereocenters. The molecule has 0 amide bonds. The van der Waals surface area contributed by atoms with Gasteiger partial charge in [0.15, 0.2) is 11.5 Å². The number of alkyl halides is 3. The molecular formula is C22H16F3NO5. The van der Waals surface area contributed by atoms with E-state index in [2.05, 4.69) is 0 Å². The molecule has 0 aliphatic carbocycles. The molecular weight excluding hydrogens is 415 g/mol. The molecule has 0 saturated carbocycles. The molecule has 2 aromatic carbocycles. The molecule has 0 saturated heterocycles. The molecule has 6 rings (SSSR count). The Balaban J connectivity index is 1.44. The van der Waals surface area contributed by atoms with Gasteiger partial charge in [0, 0.05) is 17.3 Å². The highest BCUT2D eigenvalue weighted by atomic mass is 19.4. The fourth-order valence-electron chi connectivity index (χ4n) is 4.69. The molecule has 4 heterocycles. The molecule has 31 heavy (non-hydrogen) atoms. The highest BCUT2D eigenvalue weighted by Gasteiger charge is 2.57. The average molecular weight is 431 g/mol. The van der Waals surface area contributed by atoms with Crippen LogP contribution in [0.15, 0.2) is 52.9 Å². The summed E-state index contributed by atoms with van der Waals surface area (Å²) < 4.78 is 60.7. The summed E-state index contributed by atoms with van der Waals surface area (Å²) in [6, 6.07) is 13.1. The van der Waals surface area contributed by atoms with Crippen LogP contribution in [0.3, 0.4) is 0 Å². The number of fused-ring (bicyclic) bond motifs is 5. The Morgan fingerprint density at radius 3 is 2.52 bits per heavy atom. The largest absolute Gasteiger partial charge is 0.492 e. The predicted octanol–water partition coefficient (Wildman–Crippen LogP) is 4.04. The first-order valence-electron chi connectivity index (χ1n) is 9.65. The third kappa shape index (κ3) is 2.49. The summed E-state index contributed by atoms with van der Waals surface area (Å²) in [5.41, 5.74) is 1.35. The number of rotatable bonds is 2. The van der Waals surface area contributed by atoms with Crippen LogP contribution in [0.1, 0.15) is 22.6 Å². The van der Waals surface area contributed by atoms with Crippen LogP contribution >= 0.6 is 0 Å². The van der Waals surface area contributed by atoms with E-state index in [1.54, 1.807) is 11.0 Å². The van der Waals surface area contributed by atoms with Crippen LogP contribution in [0.2, 0.25) is 0 Å². The Labute approximate surface area is 174 Å². The maximum Gasteiger partial charge on any atom is 0.449 e. The number of aliphatic hydroxyl groups is 1. The van der Waals surface area contributed by atoms with Gasteiger partial charge in [-0.15, -0.1) is 0 Å². The van der Waals surface area contributed by atoms with Gasteiger partial charge in [0.1, 0.15) is 29.8 Å². The molecule has 6 nitrogen and oxygen atoms in total. The van der Waals surface area contributed by atoms with E-state index in [1.807, 2.05) is 30.3 Å². The van der Waals surface area contributed by atoms with E-state index in [0.29, 0.717) is 22.9 Å². The highest BCUT2D eigenvalue weighted by molar-refractivity contribution is 5.71. The molecule has 3 aliphatic rings. The standard InChI is InChI=1S/C22H16F3NO5/c23-22(24,25)19-6-5-12(31-19)9-26-15-4-2-1-3-13(15)21(20(26)27)10-28-16-8-18-17(7-14(16)21)29-11-30-18/h1-8,20,27H,9-11H2. The minimum atomic E-state index is -4.57. The number of hydrogen-bond acceptors (Lipinski definition) is 6. The van der Waals surface area contributed by atoms with E-state index in [0.717, 1.165) is 17.2 Å². The molecule has 1 spiro atoms. The van der Waals surface area contributed by atoms with Crippen LogP contribution < -0.4 is 19.1 Å². The second-order valence-electron chi connectivity index (χ2n) is 7.74. The van der Waals surface area contributed by atoms with Crippen LogP contribution in [0.25, 0.3) is 0 Å². The molecule has 2 unspecified atom stereocenters. The van der Waals surface area contributed by atoms with Gasteiger partial charge in [-0.1, -0.05) is 18.2 Å². The lowest BCUT2D eigenvalue weighted by molar-refractivity contribution is -0.153. The van der Waals surface area contributed by atoms with E-state index in [-0.39, 0.29) is 25.7 Å². The van der Waals surface area contributed by atoms with E-state index in [9.17, 15) is 18.3 Å². The van der Waals surface area contributed by atoms with Crippen molar-refractivity contribution in [1.82, 2.24) is 0 Å². The van der Waals surface area contributed by atoms with E-state index >= 15 is 0 Å². The van der Waals surface area contributed by atoms with Crippen molar-refractivity contribution in [3.63, 3.8) is 0 Å². The van der Waals surface area contributed by atoms with Crippen molar-refractivity contribution in [2.45, 2.75) is 24.4 Å². The lowest BCUT2D eigenvalue weighted by Crippen LogP contribution is -2.46. The summed E-state index contributed by atoms with van der Waals surface area (Å²) >= 11 is 0. The Morgan fingerprint density at radius 1 is 0.968 bits per heavy atom. The fraction of sp³-hybridized carbons (Fsp3) is 0.273. The van der Waals surface area contributed by atoms with Gasteiger partial charge in [-0.2, -0.15) is 13.2 Å². The average Bonchev–Trinajstić information content (AvgIpc) is 3.50. The summed E-state index contributed by atoms with van der Waals surface area (Å²) in [6.45, 7) is 0.248. The maximum atomic E-state index is 13.0. The Bertz CT molecular complexity index is 1190. The van der Waals surface area contributed by atoms with Gasteiger partial charge in [0.05, 0.1) is 6.54 Å². The molecule has 1 N–H and O–H groups in total. The van der Waals surface area contributed by atoms with Gasteiger partial charge in [0.2, 0.25) is 12.6 Å². The van der Waals surface area contributed by atoms with E-state index in [1.165, 1.54) is 6.07 Å². The fourth-order valence-corrected chi connectivity index (χ4v) is 4.69. The summed E-state index contributed by atoms with van der Waals surface area (Å²) in [7, 11) is 0. The van der Waals surface area contributed by atoms with Gasteiger partial charge < -0.3 is 28.6 Å². The molecule has 0 radical (unpaired) electrons. The Hall–Kier alpha value is -3.33. The molecule has 160 valence electrons. The molecule has 0 fully saturated rings. The van der Waals surface area contributed by atoms with Crippen molar-refractivity contribution in [2.75, 3.05) is 18.3 Å². The second kappa shape index (κ2) is 6.10. The molecule has 3 aliphatic heterocycles. The minimum Gasteiger partial charge on any atom is -0.492 e. The smallest absolute Gasteiger partial charge is 0.449 e. The van der Waals surface area contributed by atoms with Crippen molar-refractivity contribution in [3.05, 3.63) is 71.2 Å². The van der Waals surface area contributed by atoms with Gasteiger partial charge in [-0.3, -0.25) is 0 Å². The molecule has 9 heteroatoms. The third-order valence-electron chi connectivity index (χ3n) is 6.11. The van der Waals surface area contributed by atoms with Crippen LogP contribution in [0, 0.1) is 0 Å². The van der Waals surface area contributed by atoms with Crippen molar-refractivity contribution < 1.29 is 36.9 Å². The molecule has 3 aromatic rings. The normalized spacial score (nSPS) is 23.2. The van der Waals surface area contributed by atoms with Gasteiger partial charge in [0.25, 0.3) is 0 Å². The minimum absolute atomic E-state index is 0.0319. The number of benzene rings is 2. The van der Waals surface area contributed by atoms with Crippen LogP contribution in [0.5, 0.6) is 17.2 Å². The topological polar surface area (TPSA) is 64.3 Å². The number of ether oxygens (including phenoxy) is 3. The van der Waals surface area contributed by atoms with Crippen LogP contribution in [-0.4, -0.2) is 24.7 Å². The SMILES string of the molecule is OC1N(Cc2ccc(C(F)(F)F)o2)c2ccccc2C12COc1cc3c(cc12)OCO3. The summed E-state index contributed by atoms with van der Waals surface area (Å²) in [6.07, 6.45) is -5.66. The highest BCUT2D eigenvalue weighted by Crippen LogP contribution is 2.56. The van der Waals surface area contributed by atoms with Gasteiger partial charge in [-0.05, 0) is 29.8 Å². The summed E-state index contributed by atoms with van der Waals surface area (Å²) in [5.74, 6) is 0.748. The van der Waals surface area contributed by atoms with E-state index < -0.39 is 23.6 Å². The zero-order valence-electron chi connectivity index (χ0n) is 16.0. The first-order valence-corrected chi connectivity index (χ1v) is 9.65. The number of aliphatic hydroxyl groups excluding tert-OH is 1. The van der Waals surface area contributed by atoms with Gasteiger partial charge in [-0.25, -0.2) is 0 Å². The van der Waals surface area contributed by atoms with Crippen molar-refractivity contribution in [3.8, 4) is 17.2 Å². The number of hydrogen-bond donors (Lipinski definition) is 1. The Kier molecular flexibility index (Phi) is 3.63. The Morgan fingerprint density at radius 2 is 1.74 bits per heavy atom. The number of anilines is 1. The zero-order valence-corrected chi connectivity index (χ0v) is 16.0. The quantitative estimate of drug-likeness (QED) is 0.661. The van der Waals surface area contributed by atoms with Crippen molar-refractivity contribution in [1.29, 1.82) is 0 Å². The lowest BCUT2D eigenvalue weighted by Gasteiger charge is -2.31. The first-order chi connectivity index (χ1) is 14.9. The second-order valence-corrected chi connectivity index (χ2v) is 7.74. The monoisotopic (exact) mass is 431 g/mol. The number of nitrogens with zero attached hydrogens (tertiary/aromatic N) is 1. The predicted molar refractivity (Wildman–Crippen MR) is 101 cm³/mol. The van der Waals surface area contributed by atoms with Crippen LogP contribution in [-0.2, 0) is 18.1 Å². The summed E-state index contributed by atoms with van der Waals surface area (Å²) in [4.78, 5) is 1.64. The zero-order chi connectivity index (χ0) is 21.4. The van der Waals surface area contributed by atoms with Crippen molar-refractivity contribution in [2.24, 2.45) is 0 Å². The lowest BCUT2D eigenvalue weighted by atomic mass is 9.76. The van der Waals surface area contributed by atoms with Crippen molar-refractivity contribution >= 4 is 5.69 Å². The number of halogens is 3. The first kappa shape index (κ1) is 18.4. The maximum absolute atomic E-state index is 13.0. The molecule has 0 bridgehead atoms. The third-order valence-corrected chi connectivity index (χ3v) is 6.11. The number of furan rings is 1. The van der Waals surface area contributed by atoms with Crippen LogP contribution in [0.4, 0.5) is 18.9 Å². The number of para-hydroxylation sites is 1. The summed E-state index contributed by atoms with van der Waals surface area (Å²) in [5, 5.41) is 11.5.